The van der Waals surface area contributed by atoms with E-state index in [1.165, 1.54) is 7.11 Å². The van der Waals surface area contributed by atoms with Crippen LogP contribution in [0.15, 0.2) is 4.99 Å². The first-order valence-electron chi connectivity index (χ1n) is 3.76. The van der Waals surface area contributed by atoms with Gasteiger partial charge in [-0.05, 0) is 24.6 Å². The van der Waals surface area contributed by atoms with Crippen LogP contribution in [0.3, 0.4) is 0 Å². The van der Waals surface area contributed by atoms with Crippen LogP contribution in [0, 0.1) is 5.92 Å². The van der Waals surface area contributed by atoms with Gasteiger partial charge in [-0.15, -0.1) is 0 Å². The number of thiocarbonyl (C=S) groups is 1. The second kappa shape index (κ2) is 5.86. The fourth-order valence-electron chi connectivity index (χ4n) is 0.848. The molecule has 0 aromatic carbocycles. The topological polar surface area (TPSA) is 38.7 Å². The maximum atomic E-state index is 11.0. The van der Waals surface area contributed by atoms with Crippen LogP contribution >= 0.6 is 12.2 Å². The average molecular weight is 187 g/mol. The molecule has 68 valence electrons. The number of rotatable bonds is 4. The second-order valence-electron chi connectivity index (χ2n) is 2.89. The maximum absolute atomic E-state index is 11.0. The van der Waals surface area contributed by atoms with Crippen LogP contribution in [-0.4, -0.2) is 24.3 Å². The molecule has 12 heavy (non-hydrogen) atoms. The maximum Gasteiger partial charge on any atom is 0.331 e. The van der Waals surface area contributed by atoms with Crippen LogP contribution in [0.5, 0.6) is 0 Å². The fourth-order valence-corrected chi connectivity index (χ4v) is 0.975. The summed E-state index contributed by atoms with van der Waals surface area (Å²) < 4.78 is 4.55. The van der Waals surface area contributed by atoms with Gasteiger partial charge in [-0.25, -0.2) is 9.79 Å². The number of ether oxygens (including phenoxy) is 1. The van der Waals surface area contributed by atoms with E-state index in [4.69, 9.17) is 0 Å². The molecule has 0 radical (unpaired) electrons. The molecule has 0 N–H and O–H groups in total. The number of nitrogens with zero attached hydrogens (tertiary/aromatic N) is 1. The highest BCUT2D eigenvalue weighted by Crippen LogP contribution is 2.08. The Kier molecular flexibility index (Phi) is 5.51. The first-order valence-corrected chi connectivity index (χ1v) is 4.17. The Morgan fingerprint density at radius 2 is 2.25 bits per heavy atom. The zero-order valence-corrected chi connectivity index (χ0v) is 8.35. The highest BCUT2D eigenvalue weighted by atomic mass is 32.1. The summed E-state index contributed by atoms with van der Waals surface area (Å²) in [6.07, 6.45) is 0.649. The SMILES string of the molecule is COC(=O)C(CC(C)C)N=C=S. The van der Waals surface area contributed by atoms with Crippen molar-refractivity contribution < 1.29 is 9.53 Å². The van der Waals surface area contributed by atoms with E-state index in [1.54, 1.807) is 0 Å². The predicted molar refractivity (Wildman–Crippen MR) is 50.3 cm³/mol. The average Bonchev–Trinajstić information content (AvgIpc) is 2.01. The van der Waals surface area contributed by atoms with E-state index in [1.807, 2.05) is 13.8 Å². The lowest BCUT2D eigenvalue weighted by atomic mass is 10.0. The Labute approximate surface area is 77.8 Å². The van der Waals surface area contributed by atoms with Gasteiger partial charge in [-0.2, -0.15) is 0 Å². The zero-order chi connectivity index (χ0) is 9.56. The smallest absolute Gasteiger partial charge is 0.331 e. The van der Waals surface area contributed by atoms with Gasteiger partial charge in [0.05, 0.1) is 12.3 Å². The quantitative estimate of drug-likeness (QED) is 0.382. The van der Waals surface area contributed by atoms with Crippen molar-refractivity contribution in [3.63, 3.8) is 0 Å². The number of methoxy groups -OCH3 is 1. The minimum Gasteiger partial charge on any atom is -0.467 e. The third-order valence-electron chi connectivity index (χ3n) is 1.38. The first-order chi connectivity index (χ1) is 5.61. The molecule has 0 aliphatic carbocycles. The van der Waals surface area contributed by atoms with Gasteiger partial charge in [0.25, 0.3) is 0 Å². The van der Waals surface area contributed by atoms with Crippen molar-refractivity contribution in [1.29, 1.82) is 0 Å². The molecule has 0 saturated carbocycles. The van der Waals surface area contributed by atoms with E-state index in [-0.39, 0.29) is 5.97 Å². The lowest BCUT2D eigenvalue weighted by molar-refractivity contribution is -0.142. The number of hydrogen-bond acceptors (Lipinski definition) is 4. The van der Waals surface area contributed by atoms with Gasteiger partial charge in [-0.1, -0.05) is 13.8 Å². The summed E-state index contributed by atoms with van der Waals surface area (Å²) in [6.45, 7) is 4.02. The van der Waals surface area contributed by atoms with Gasteiger partial charge in [0.1, 0.15) is 0 Å². The number of carbonyl (C=O) groups excluding carboxylic acids is 1. The van der Waals surface area contributed by atoms with Crippen molar-refractivity contribution >= 4 is 23.3 Å². The van der Waals surface area contributed by atoms with Crippen molar-refractivity contribution in [2.45, 2.75) is 26.3 Å². The highest BCUT2D eigenvalue weighted by molar-refractivity contribution is 7.78. The summed E-state index contributed by atoms with van der Waals surface area (Å²) in [5.74, 6) is 0.0438. The monoisotopic (exact) mass is 187 g/mol. The van der Waals surface area contributed by atoms with Crippen molar-refractivity contribution in [2.75, 3.05) is 7.11 Å². The number of isothiocyanates is 1. The highest BCUT2D eigenvalue weighted by Gasteiger charge is 2.18. The minimum absolute atomic E-state index is 0.346. The van der Waals surface area contributed by atoms with E-state index in [0.717, 1.165) is 0 Å². The van der Waals surface area contributed by atoms with Crippen LogP contribution in [0.1, 0.15) is 20.3 Å². The molecule has 0 aliphatic heterocycles. The molecule has 0 rings (SSSR count). The number of aliphatic imine (C=N–C) groups is 1. The summed E-state index contributed by atoms with van der Waals surface area (Å²) in [5, 5.41) is 2.20. The third kappa shape index (κ3) is 4.21. The van der Waals surface area contributed by atoms with Gasteiger partial charge >= 0.3 is 5.97 Å². The van der Waals surface area contributed by atoms with Crippen molar-refractivity contribution in [1.82, 2.24) is 0 Å². The first kappa shape index (κ1) is 11.3. The Balaban J connectivity index is 4.22. The molecule has 0 bridgehead atoms. The molecule has 0 aliphatic rings. The lowest BCUT2D eigenvalue weighted by Gasteiger charge is -2.10. The molecule has 0 spiro atoms. The largest absolute Gasteiger partial charge is 0.467 e. The van der Waals surface area contributed by atoms with E-state index in [2.05, 4.69) is 27.1 Å². The van der Waals surface area contributed by atoms with E-state index in [0.29, 0.717) is 12.3 Å². The predicted octanol–water partition coefficient (Wildman–Crippen LogP) is 1.68. The van der Waals surface area contributed by atoms with Gasteiger partial charge in [0.15, 0.2) is 6.04 Å². The van der Waals surface area contributed by atoms with E-state index >= 15 is 0 Å². The van der Waals surface area contributed by atoms with Crippen LogP contribution in [0.2, 0.25) is 0 Å². The van der Waals surface area contributed by atoms with Crippen LogP contribution in [-0.2, 0) is 9.53 Å². The Morgan fingerprint density at radius 1 is 1.67 bits per heavy atom. The molecule has 3 nitrogen and oxygen atoms in total. The normalized spacial score (nSPS) is 12.0. The molecule has 0 saturated heterocycles. The van der Waals surface area contributed by atoms with E-state index < -0.39 is 6.04 Å². The zero-order valence-electron chi connectivity index (χ0n) is 7.53. The van der Waals surface area contributed by atoms with Crippen molar-refractivity contribution in [3.05, 3.63) is 0 Å². The summed E-state index contributed by atoms with van der Waals surface area (Å²) in [7, 11) is 1.34. The van der Waals surface area contributed by atoms with Gasteiger partial charge in [-0.3, -0.25) is 0 Å². The van der Waals surface area contributed by atoms with Crippen LogP contribution in [0.25, 0.3) is 0 Å². The summed E-state index contributed by atoms with van der Waals surface area (Å²) in [4.78, 5) is 14.8. The van der Waals surface area contributed by atoms with Gasteiger partial charge < -0.3 is 4.74 Å². The molecule has 1 atom stereocenters. The Bertz CT molecular complexity index is 197. The number of hydrogen-bond donors (Lipinski definition) is 0. The summed E-state index contributed by atoms with van der Waals surface area (Å²) in [5.41, 5.74) is 0. The number of carbonyl (C=O) groups is 1. The standard InChI is InChI=1S/C8H13NO2S/c1-6(2)4-7(9-5-12)8(10)11-3/h6-7H,4H2,1-3H3. The Morgan fingerprint density at radius 3 is 2.58 bits per heavy atom. The molecule has 0 heterocycles. The van der Waals surface area contributed by atoms with Crippen molar-refractivity contribution in [2.24, 2.45) is 10.9 Å². The van der Waals surface area contributed by atoms with Gasteiger partial charge in [0, 0.05) is 0 Å². The van der Waals surface area contributed by atoms with Gasteiger partial charge in [0.2, 0.25) is 0 Å². The van der Waals surface area contributed by atoms with Crippen LogP contribution < -0.4 is 0 Å². The molecule has 0 aromatic rings. The van der Waals surface area contributed by atoms with Crippen LogP contribution in [0.4, 0.5) is 0 Å². The number of esters is 1. The third-order valence-corrected chi connectivity index (χ3v) is 1.48. The van der Waals surface area contributed by atoms with Crippen molar-refractivity contribution in [3.8, 4) is 0 Å². The fraction of sp³-hybridized carbons (Fsp3) is 0.750. The molecule has 4 heteroatoms. The lowest BCUT2D eigenvalue weighted by Crippen LogP contribution is -2.21. The molecule has 0 fully saturated rings. The molecule has 0 aromatic heterocycles. The molecule has 0 amide bonds. The molecule has 1 unspecified atom stereocenters. The van der Waals surface area contributed by atoms with E-state index in [9.17, 15) is 4.79 Å². The summed E-state index contributed by atoms with van der Waals surface area (Å²) in [6, 6.07) is -0.479. The summed E-state index contributed by atoms with van der Waals surface area (Å²) >= 11 is 4.42. The molecular weight excluding hydrogens is 174 g/mol. The minimum atomic E-state index is -0.479. The molecular formula is C8H13NO2S. The Hall–Kier alpha value is -0.730. The second-order valence-corrected chi connectivity index (χ2v) is 3.07.